The highest BCUT2D eigenvalue weighted by Gasteiger charge is 2.16. The molecule has 0 aliphatic heterocycles. The zero-order valence-electron chi connectivity index (χ0n) is 12.0. The van der Waals surface area contributed by atoms with Gasteiger partial charge in [0.15, 0.2) is 0 Å². The molecule has 112 valence electrons. The van der Waals surface area contributed by atoms with Crippen LogP contribution in [0, 0.1) is 0 Å². The Balaban J connectivity index is 2.32. The van der Waals surface area contributed by atoms with E-state index in [1.807, 2.05) is 24.3 Å². The Labute approximate surface area is 119 Å². The maximum absolute atomic E-state index is 9.90. The smallest absolute Gasteiger partial charge is 0.147 e. The highest BCUT2D eigenvalue weighted by atomic mass is 16.7. The molecule has 2 atom stereocenters. The van der Waals surface area contributed by atoms with Gasteiger partial charge in [-0.15, -0.1) is 6.58 Å². The van der Waals surface area contributed by atoms with Crippen LogP contribution >= 0.6 is 0 Å². The Bertz CT molecular complexity index is 376. The number of methoxy groups -OCH3 is 2. The van der Waals surface area contributed by atoms with Gasteiger partial charge in [-0.05, 0) is 17.7 Å². The molecule has 0 aliphatic rings. The van der Waals surface area contributed by atoms with Crippen LogP contribution in [0.3, 0.4) is 0 Å². The van der Waals surface area contributed by atoms with Crippen LogP contribution in [0.2, 0.25) is 0 Å². The molecule has 0 spiro atoms. The van der Waals surface area contributed by atoms with Crippen molar-refractivity contribution < 1.29 is 24.1 Å². The third kappa shape index (κ3) is 5.71. The lowest BCUT2D eigenvalue weighted by atomic mass is 10.2. The molecule has 0 unspecified atom stereocenters. The number of ether oxygens (including phenoxy) is 4. The van der Waals surface area contributed by atoms with Crippen molar-refractivity contribution in [3.63, 3.8) is 0 Å². The molecule has 0 saturated carbocycles. The van der Waals surface area contributed by atoms with Gasteiger partial charge in [0.05, 0.1) is 20.3 Å². The molecule has 5 heteroatoms. The van der Waals surface area contributed by atoms with Gasteiger partial charge in [-0.25, -0.2) is 0 Å². The standard InChI is InChI=1S/C15H22O5/c1-4-15(20-11-17-2)14(16)10-19-9-12-5-7-13(18-3)8-6-12/h4-8,14-16H,1,9-11H2,2-3H3/t14-,15-/m0/s1. The van der Waals surface area contributed by atoms with E-state index in [0.717, 1.165) is 11.3 Å². The number of aliphatic hydroxyl groups excluding tert-OH is 1. The van der Waals surface area contributed by atoms with E-state index in [0.29, 0.717) is 6.61 Å². The summed E-state index contributed by atoms with van der Waals surface area (Å²) in [6.07, 6.45) is 0.243. The summed E-state index contributed by atoms with van der Waals surface area (Å²) in [5, 5.41) is 9.90. The van der Waals surface area contributed by atoms with Crippen molar-refractivity contribution in [1.29, 1.82) is 0 Å². The van der Waals surface area contributed by atoms with Gasteiger partial charge >= 0.3 is 0 Å². The summed E-state index contributed by atoms with van der Waals surface area (Å²) in [6, 6.07) is 7.56. The van der Waals surface area contributed by atoms with Crippen LogP contribution in [0.1, 0.15) is 5.56 Å². The van der Waals surface area contributed by atoms with E-state index in [1.165, 1.54) is 13.2 Å². The highest BCUT2D eigenvalue weighted by molar-refractivity contribution is 5.26. The fourth-order valence-electron chi connectivity index (χ4n) is 1.60. The Morgan fingerprint density at radius 3 is 2.50 bits per heavy atom. The van der Waals surface area contributed by atoms with Gasteiger partial charge in [0.2, 0.25) is 0 Å². The lowest BCUT2D eigenvalue weighted by molar-refractivity contribution is -0.110. The van der Waals surface area contributed by atoms with Gasteiger partial charge in [-0.3, -0.25) is 0 Å². The van der Waals surface area contributed by atoms with E-state index in [9.17, 15) is 5.11 Å². The average Bonchev–Trinajstić information content (AvgIpc) is 2.48. The zero-order chi connectivity index (χ0) is 14.8. The van der Waals surface area contributed by atoms with Crippen molar-refractivity contribution in [2.75, 3.05) is 27.6 Å². The van der Waals surface area contributed by atoms with E-state index < -0.39 is 12.2 Å². The first kappa shape index (κ1) is 16.7. The summed E-state index contributed by atoms with van der Waals surface area (Å²) in [7, 11) is 3.14. The van der Waals surface area contributed by atoms with Gasteiger partial charge in [0.25, 0.3) is 0 Å². The molecule has 0 heterocycles. The van der Waals surface area contributed by atoms with Crippen molar-refractivity contribution in [3.05, 3.63) is 42.5 Å². The van der Waals surface area contributed by atoms with Crippen LogP contribution in [0.5, 0.6) is 5.75 Å². The molecular weight excluding hydrogens is 260 g/mol. The number of aliphatic hydroxyl groups is 1. The molecule has 1 rings (SSSR count). The molecule has 0 radical (unpaired) electrons. The number of rotatable bonds is 10. The van der Waals surface area contributed by atoms with Crippen LogP contribution < -0.4 is 4.74 Å². The summed E-state index contributed by atoms with van der Waals surface area (Å²) in [5.41, 5.74) is 1.01. The molecule has 1 N–H and O–H groups in total. The molecule has 0 saturated heterocycles. The predicted molar refractivity (Wildman–Crippen MR) is 75.6 cm³/mol. The average molecular weight is 282 g/mol. The second-order valence-corrected chi connectivity index (χ2v) is 4.20. The molecule has 20 heavy (non-hydrogen) atoms. The molecule has 5 nitrogen and oxygen atoms in total. The van der Waals surface area contributed by atoms with Crippen LogP contribution in [-0.2, 0) is 20.8 Å². The lowest BCUT2D eigenvalue weighted by Crippen LogP contribution is -2.31. The van der Waals surface area contributed by atoms with Crippen molar-refractivity contribution >= 4 is 0 Å². The maximum atomic E-state index is 9.90. The quantitative estimate of drug-likeness (QED) is 0.523. The van der Waals surface area contributed by atoms with Gasteiger partial charge in [0.1, 0.15) is 24.8 Å². The summed E-state index contributed by atoms with van der Waals surface area (Å²) >= 11 is 0. The van der Waals surface area contributed by atoms with Gasteiger partial charge in [-0.2, -0.15) is 0 Å². The molecule has 1 aromatic rings. The topological polar surface area (TPSA) is 57.2 Å². The zero-order valence-corrected chi connectivity index (χ0v) is 12.0. The third-order valence-corrected chi connectivity index (χ3v) is 2.71. The Kier molecular flexibility index (Phi) is 7.91. The van der Waals surface area contributed by atoms with Crippen LogP contribution in [-0.4, -0.2) is 44.9 Å². The summed E-state index contributed by atoms with van der Waals surface area (Å²) in [4.78, 5) is 0. The molecule has 0 amide bonds. The molecule has 0 bridgehead atoms. The van der Waals surface area contributed by atoms with Gasteiger partial charge in [0, 0.05) is 7.11 Å². The van der Waals surface area contributed by atoms with Gasteiger partial charge < -0.3 is 24.1 Å². The van der Waals surface area contributed by atoms with E-state index in [1.54, 1.807) is 7.11 Å². The summed E-state index contributed by atoms with van der Waals surface area (Å²) in [5.74, 6) is 0.800. The molecule has 1 aromatic carbocycles. The SMILES string of the molecule is C=C[C@H](OCOC)[C@@H](O)COCc1ccc(OC)cc1. The first-order valence-corrected chi connectivity index (χ1v) is 6.33. The molecular formula is C15H22O5. The summed E-state index contributed by atoms with van der Waals surface area (Å²) < 4.78 is 20.6. The Hall–Kier alpha value is -1.40. The Morgan fingerprint density at radius 1 is 1.25 bits per heavy atom. The number of hydrogen-bond donors (Lipinski definition) is 1. The van der Waals surface area contributed by atoms with Crippen LogP contribution in [0.25, 0.3) is 0 Å². The monoisotopic (exact) mass is 282 g/mol. The molecule has 0 aliphatic carbocycles. The normalized spacial score (nSPS) is 13.8. The molecule has 0 aromatic heterocycles. The molecule has 0 fully saturated rings. The fraction of sp³-hybridized carbons (Fsp3) is 0.467. The fourth-order valence-corrected chi connectivity index (χ4v) is 1.60. The van der Waals surface area contributed by atoms with E-state index in [4.69, 9.17) is 18.9 Å². The lowest BCUT2D eigenvalue weighted by Gasteiger charge is -2.19. The van der Waals surface area contributed by atoms with E-state index in [2.05, 4.69) is 6.58 Å². The largest absolute Gasteiger partial charge is 0.497 e. The minimum Gasteiger partial charge on any atom is -0.497 e. The van der Waals surface area contributed by atoms with Crippen molar-refractivity contribution in [1.82, 2.24) is 0 Å². The maximum Gasteiger partial charge on any atom is 0.147 e. The van der Waals surface area contributed by atoms with E-state index >= 15 is 0 Å². The van der Waals surface area contributed by atoms with Gasteiger partial charge in [-0.1, -0.05) is 18.2 Å². The summed E-state index contributed by atoms with van der Waals surface area (Å²) in [6.45, 7) is 4.28. The minimum absolute atomic E-state index is 0.103. The second kappa shape index (κ2) is 9.50. The Morgan fingerprint density at radius 2 is 1.95 bits per heavy atom. The highest BCUT2D eigenvalue weighted by Crippen LogP contribution is 2.12. The first-order chi connectivity index (χ1) is 9.71. The third-order valence-electron chi connectivity index (χ3n) is 2.71. The number of hydrogen-bond acceptors (Lipinski definition) is 5. The van der Waals surface area contributed by atoms with Crippen LogP contribution in [0.4, 0.5) is 0 Å². The number of benzene rings is 1. The second-order valence-electron chi connectivity index (χ2n) is 4.20. The van der Waals surface area contributed by atoms with Crippen molar-refractivity contribution in [3.8, 4) is 5.75 Å². The van der Waals surface area contributed by atoms with Crippen molar-refractivity contribution in [2.45, 2.75) is 18.8 Å². The van der Waals surface area contributed by atoms with E-state index in [-0.39, 0.29) is 13.4 Å². The predicted octanol–water partition coefficient (Wildman–Crippen LogP) is 1.75. The minimum atomic E-state index is -0.777. The van der Waals surface area contributed by atoms with Crippen LogP contribution in [0.15, 0.2) is 36.9 Å². The first-order valence-electron chi connectivity index (χ1n) is 6.33. The van der Waals surface area contributed by atoms with Crippen molar-refractivity contribution in [2.24, 2.45) is 0 Å².